The molecule has 3 rings (SSSR count). The van der Waals surface area contributed by atoms with E-state index in [-0.39, 0.29) is 6.54 Å². The molecule has 0 atom stereocenters. The number of hydrogen-bond donors (Lipinski definition) is 1. The van der Waals surface area contributed by atoms with Gasteiger partial charge in [0, 0.05) is 11.6 Å². The Morgan fingerprint density at radius 3 is 2.68 bits per heavy atom. The molecular formula is C14H13F2N3O2S. The van der Waals surface area contributed by atoms with Crippen LogP contribution >= 0.6 is 0 Å². The second kappa shape index (κ2) is 5.69. The molecule has 0 aliphatic heterocycles. The Hall–Kier alpha value is -1.93. The first kappa shape index (κ1) is 15.0. The molecule has 0 saturated heterocycles. The van der Waals surface area contributed by atoms with Gasteiger partial charge in [-0.3, -0.25) is 0 Å². The molecule has 8 heteroatoms. The van der Waals surface area contributed by atoms with E-state index in [1.807, 2.05) is 0 Å². The lowest BCUT2D eigenvalue weighted by atomic mass is 10.2. The molecule has 0 radical (unpaired) electrons. The van der Waals surface area contributed by atoms with Crippen molar-refractivity contribution in [3.63, 3.8) is 0 Å². The lowest BCUT2D eigenvalue weighted by Gasteiger charge is -2.08. The summed E-state index contributed by atoms with van der Waals surface area (Å²) in [6.07, 6.45) is 3.51. The van der Waals surface area contributed by atoms with Crippen LogP contribution in [0.25, 0.3) is 0 Å². The van der Waals surface area contributed by atoms with E-state index in [9.17, 15) is 17.2 Å². The van der Waals surface area contributed by atoms with Gasteiger partial charge in [0.2, 0.25) is 10.0 Å². The first-order valence-corrected chi connectivity index (χ1v) is 8.19. The van der Waals surface area contributed by atoms with E-state index in [0.717, 1.165) is 30.7 Å². The van der Waals surface area contributed by atoms with Gasteiger partial charge in [-0.15, -0.1) is 0 Å². The maximum atomic E-state index is 13.6. The van der Waals surface area contributed by atoms with Crippen LogP contribution in [0.1, 0.15) is 30.1 Å². The average molecular weight is 325 g/mol. The minimum atomic E-state index is -4.15. The zero-order chi connectivity index (χ0) is 15.7. The SMILES string of the molecule is O=S(=O)(NCc1cc(C2CC2)ncn1)c1cc(F)ccc1F. The zero-order valence-corrected chi connectivity index (χ0v) is 12.3. The fourth-order valence-corrected chi connectivity index (χ4v) is 3.13. The highest BCUT2D eigenvalue weighted by atomic mass is 32.2. The monoisotopic (exact) mass is 325 g/mol. The summed E-state index contributed by atoms with van der Waals surface area (Å²) in [7, 11) is -4.15. The Morgan fingerprint density at radius 2 is 1.95 bits per heavy atom. The van der Waals surface area contributed by atoms with Crippen LogP contribution in [-0.4, -0.2) is 18.4 Å². The number of nitrogens with zero attached hydrogens (tertiary/aromatic N) is 2. The third-order valence-electron chi connectivity index (χ3n) is 3.37. The molecule has 1 fully saturated rings. The van der Waals surface area contributed by atoms with Gasteiger partial charge in [0.15, 0.2) is 0 Å². The van der Waals surface area contributed by atoms with Crippen molar-refractivity contribution in [3.8, 4) is 0 Å². The van der Waals surface area contributed by atoms with Gasteiger partial charge in [0.25, 0.3) is 0 Å². The molecule has 1 aliphatic rings. The van der Waals surface area contributed by atoms with Crippen LogP contribution in [0, 0.1) is 11.6 Å². The van der Waals surface area contributed by atoms with E-state index in [4.69, 9.17) is 0 Å². The van der Waals surface area contributed by atoms with Crippen LogP contribution in [0.4, 0.5) is 8.78 Å². The maximum absolute atomic E-state index is 13.6. The second-order valence-corrected chi connectivity index (χ2v) is 6.84. The molecule has 0 amide bonds. The van der Waals surface area contributed by atoms with E-state index >= 15 is 0 Å². The van der Waals surface area contributed by atoms with Crippen molar-refractivity contribution in [3.05, 3.63) is 53.6 Å². The normalized spacial score (nSPS) is 15.0. The summed E-state index contributed by atoms with van der Waals surface area (Å²) in [5.41, 5.74) is 1.36. The number of aromatic nitrogens is 2. The number of rotatable bonds is 5. The summed E-state index contributed by atoms with van der Waals surface area (Å²) in [4.78, 5) is 7.39. The van der Waals surface area contributed by atoms with E-state index in [1.54, 1.807) is 6.07 Å². The van der Waals surface area contributed by atoms with Crippen LogP contribution in [0.15, 0.2) is 35.5 Å². The summed E-state index contributed by atoms with van der Waals surface area (Å²) in [6, 6.07) is 4.01. The largest absolute Gasteiger partial charge is 0.243 e. The van der Waals surface area contributed by atoms with Gasteiger partial charge in [-0.05, 0) is 37.1 Å². The van der Waals surface area contributed by atoms with E-state index in [0.29, 0.717) is 17.7 Å². The fourth-order valence-electron chi connectivity index (χ4n) is 2.04. The number of sulfonamides is 1. The molecule has 1 aromatic carbocycles. The Balaban J connectivity index is 1.77. The van der Waals surface area contributed by atoms with Crippen molar-refractivity contribution in [2.75, 3.05) is 0 Å². The summed E-state index contributed by atoms with van der Waals surface area (Å²) in [5, 5.41) is 0. The first-order valence-electron chi connectivity index (χ1n) is 6.71. The summed E-state index contributed by atoms with van der Waals surface area (Å²) in [6.45, 7) is -0.111. The zero-order valence-electron chi connectivity index (χ0n) is 11.5. The number of benzene rings is 1. The number of nitrogens with one attached hydrogen (secondary N) is 1. The van der Waals surface area contributed by atoms with Crippen molar-refractivity contribution in [2.24, 2.45) is 0 Å². The minimum absolute atomic E-state index is 0.111. The Labute approximate surface area is 126 Å². The molecule has 0 bridgehead atoms. The Bertz CT molecular complexity index is 807. The van der Waals surface area contributed by atoms with Gasteiger partial charge >= 0.3 is 0 Å². The first-order chi connectivity index (χ1) is 10.5. The number of hydrogen-bond acceptors (Lipinski definition) is 4. The molecule has 0 unspecified atom stereocenters. The topological polar surface area (TPSA) is 72.0 Å². The van der Waals surface area contributed by atoms with Gasteiger partial charge in [-0.25, -0.2) is 31.9 Å². The summed E-state index contributed by atoms with van der Waals surface area (Å²) < 4.78 is 53.0. The highest BCUT2D eigenvalue weighted by Gasteiger charge is 2.25. The van der Waals surface area contributed by atoms with Gasteiger partial charge in [-0.1, -0.05) is 0 Å². The van der Waals surface area contributed by atoms with Crippen molar-refractivity contribution in [2.45, 2.75) is 30.2 Å². The van der Waals surface area contributed by atoms with Crippen LogP contribution in [-0.2, 0) is 16.6 Å². The van der Waals surface area contributed by atoms with E-state index in [2.05, 4.69) is 14.7 Å². The third-order valence-corrected chi connectivity index (χ3v) is 4.78. The third kappa shape index (κ3) is 3.28. The molecule has 22 heavy (non-hydrogen) atoms. The second-order valence-electron chi connectivity index (χ2n) is 5.11. The molecular weight excluding hydrogens is 312 g/mol. The van der Waals surface area contributed by atoms with Crippen molar-refractivity contribution in [1.82, 2.24) is 14.7 Å². The van der Waals surface area contributed by atoms with E-state index in [1.165, 1.54) is 6.33 Å². The molecule has 0 spiro atoms. The predicted molar refractivity (Wildman–Crippen MR) is 74.4 cm³/mol. The lowest BCUT2D eigenvalue weighted by Crippen LogP contribution is -2.25. The molecule has 1 aromatic heterocycles. The van der Waals surface area contributed by atoms with Crippen LogP contribution in [0.5, 0.6) is 0 Å². The number of halogens is 2. The molecule has 1 saturated carbocycles. The molecule has 1 aliphatic carbocycles. The minimum Gasteiger partial charge on any atom is -0.241 e. The average Bonchev–Trinajstić information content (AvgIpc) is 3.33. The van der Waals surface area contributed by atoms with Gasteiger partial charge in [-0.2, -0.15) is 0 Å². The molecule has 5 nitrogen and oxygen atoms in total. The van der Waals surface area contributed by atoms with Crippen molar-refractivity contribution < 1.29 is 17.2 Å². The Morgan fingerprint density at radius 1 is 1.18 bits per heavy atom. The maximum Gasteiger partial charge on any atom is 0.243 e. The molecule has 1 N–H and O–H groups in total. The summed E-state index contributed by atoms with van der Waals surface area (Å²) in [5.74, 6) is -1.41. The van der Waals surface area contributed by atoms with Gasteiger partial charge in [0.1, 0.15) is 22.9 Å². The molecule has 1 heterocycles. The van der Waals surface area contributed by atoms with Crippen LogP contribution < -0.4 is 4.72 Å². The fraction of sp³-hybridized carbons (Fsp3) is 0.286. The predicted octanol–water partition coefficient (Wildman–Crippen LogP) is 2.11. The van der Waals surface area contributed by atoms with Crippen LogP contribution in [0.2, 0.25) is 0 Å². The lowest BCUT2D eigenvalue weighted by molar-refractivity contribution is 0.545. The van der Waals surface area contributed by atoms with Crippen molar-refractivity contribution in [1.29, 1.82) is 0 Å². The highest BCUT2D eigenvalue weighted by molar-refractivity contribution is 7.89. The van der Waals surface area contributed by atoms with Gasteiger partial charge < -0.3 is 0 Å². The molecule has 2 aromatic rings. The highest BCUT2D eigenvalue weighted by Crippen LogP contribution is 2.38. The standard InChI is InChI=1S/C14H13F2N3O2S/c15-10-3-4-12(16)14(5-10)22(20,21)19-7-11-6-13(9-1-2-9)18-8-17-11/h3-6,8-9,19H,1-2,7H2. The van der Waals surface area contributed by atoms with Crippen LogP contribution in [0.3, 0.4) is 0 Å². The van der Waals surface area contributed by atoms with Gasteiger partial charge in [0.05, 0.1) is 12.2 Å². The van der Waals surface area contributed by atoms with Crippen molar-refractivity contribution >= 4 is 10.0 Å². The van der Waals surface area contributed by atoms with E-state index < -0.39 is 26.6 Å². The quantitative estimate of drug-likeness (QED) is 0.914. The summed E-state index contributed by atoms with van der Waals surface area (Å²) >= 11 is 0. The smallest absolute Gasteiger partial charge is 0.241 e. The molecule has 116 valence electrons. The Kier molecular flexibility index (Phi) is 3.88.